The zero-order valence-electron chi connectivity index (χ0n) is 15.9. The van der Waals surface area contributed by atoms with Gasteiger partial charge >= 0.3 is 6.03 Å². The Kier molecular flexibility index (Phi) is 6.92. The highest BCUT2D eigenvalue weighted by Gasteiger charge is 2.28. The summed E-state index contributed by atoms with van der Waals surface area (Å²) in [5, 5.41) is 3.11. The van der Waals surface area contributed by atoms with E-state index in [0.29, 0.717) is 32.7 Å². The molecule has 0 spiro atoms. The number of rotatable bonds is 6. The molecular formula is C20H30N4O3. The maximum Gasteiger partial charge on any atom is 0.319 e. The number of piperidine rings is 1. The summed E-state index contributed by atoms with van der Waals surface area (Å²) in [5.41, 5.74) is 6.37. The molecule has 3 rings (SSSR count). The first-order valence-electron chi connectivity index (χ1n) is 9.91. The van der Waals surface area contributed by atoms with Gasteiger partial charge in [0.05, 0.1) is 6.42 Å². The van der Waals surface area contributed by atoms with E-state index in [4.69, 9.17) is 10.5 Å². The number of hydrogen-bond acceptors (Lipinski definition) is 4. The van der Waals surface area contributed by atoms with Crippen LogP contribution < -0.4 is 15.8 Å². The number of nitrogens with zero attached hydrogens (tertiary/aromatic N) is 2. The van der Waals surface area contributed by atoms with Crippen LogP contribution in [0.15, 0.2) is 24.3 Å². The monoisotopic (exact) mass is 374 g/mol. The first-order valence-corrected chi connectivity index (χ1v) is 9.91. The van der Waals surface area contributed by atoms with Crippen LogP contribution in [0.3, 0.4) is 0 Å². The van der Waals surface area contributed by atoms with Crippen LogP contribution in [-0.4, -0.2) is 67.1 Å². The molecule has 0 aliphatic carbocycles. The lowest BCUT2D eigenvalue weighted by Crippen LogP contribution is -2.50. The standard InChI is InChI=1S/C20H30N4O3/c21-9-14-27-18-5-3-16(4-6-18)15-19(25)22-17-7-12-24(13-8-17)20(26)23-10-1-2-11-23/h3-6,17H,1-2,7-15,21H2,(H,22,25). The molecule has 2 aliphatic rings. The fourth-order valence-electron chi connectivity index (χ4n) is 3.67. The molecular weight excluding hydrogens is 344 g/mol. The van der Waals surface area contributed by atoms with Gasteiger partial charge in [0, 0.05) is 38.8 Å². The summed E-state index contributed by atoms with van der Waals surface area (Å²) in [6.07, 6.45) is 4.20. The summed E-state index contributed by atoms with van der Waals surface area (Å²) in [6.45, 7) is 4.16. The second kappa shape index (κ2) is 9.60. The van der Waals surface area contributed by atoms with Gasteiger partial charge in [0.1, 0.15) is 12.4 Å². The van der Waals surface area contributed by atoms with Crippen molar-refractivity contribution in [1.82, 2.24) is 15.1 Å². The molecule has 148 valence electrons. The number of carbonyl (C=O) groups excluding carboxylic acids is 2. The molecule has 2 aliphatic heterocycles. The molecule has 3 amide bonds. The fraction of sp³-hybridized carbons (Fsp3) is 0.600. The average molecular weight is 374 g/mol. The van der Waals surface area contributed by atoms with Gasteiger partial charge in [0.25, 0.3) is 0 Å². The molecule has 0 saturated carbocycles. The van der Waals surface area contributed by atoms with Gasteiger partial charge in [-0.15, -0.1) is 0 Å². The van der Waals surface area contributed by atoms with Crippen molar-refractivity contribution in [2.24, 2.45) is 5.73 Å². The van der Waals surface area contributed by atoms with E-state index in [1.54, 1.807) is 0 Å². The van der Waals surface area contributed by atoms with Crippen molar-refractivity contribution in [2.75, 3.05) is 39.3 Å². The lowest BCUT2D eigenvalue weighted by atomic mass is 10.0. The van der Waals surface area contributed by atoms with Crippen molar-refractivity contribution in [1.29, 1.82) is 0 Å². The van der Waals surface area contributed by atoms with Crippen molar-refractivity contribution in [3.63, 3.8) is 0 Å². The normalized spacial score (nSPS) is 17.8. The minimum Gasteiger partial charge on any atom is -0.492 e. The highest BCUT2D eigenvalue weighted by atomic mass is 16.5. The van der Waals surface area contributed by atoms with Crippen LogP contribution in [-0.2, 0) is 11.2 Å². The number of nitrogens with two attached hydrogens (primary N) is 1. The molecule has 0 unspecified atom stereocenters. The molecule has 0 radical (unpaired) electrons. The minimum absolute atomic E-state index is 0.0231. The molecule has 7 heteroatoms. The third-order valence-corrected chi connectivity index (χ3v) is 5.18. The molecule has 2 fully saturated rings. The molecule has 2 saturated heterocycles. The first-order chi connectivity index (χ1) is 13.2. The summed E-state index contributed by atoms with van der Waals surface area (Å²) in [5.74, 6) is 0.787. The molecule has 7 nitrogen and oxygen atoms in total. The smallest absolute Gasteiger partial charge is 0.319 e. The Morgan fingerprint density at radius 1 is 1.04 bits per heavy atom. The van der Waals surface area contributed by atoms with Crippen LogP contribution in [0.2, 0.25) is 0 Å². The topological polar surface area (TPSA) is 87.9 Å². The Morgan fingerprint density at radius 3 is 2.30 bits per heavy atom. The Morgan fingerprint density at radius 2 is 1.67 bits per heavy atom. The first kappa shape index (κ1) is 19.5. The summed E-state index contributed by atoms with van der Waals surface area (Å²) in [7, 11) is 0. The van der Waals surface area contributed by atoms with Crippen LogP contribution in [0.4, 0.5) is 4.79 Å². The molecule has 1 aromatic carbocycles. The van der Waals surface area contributed by atoms with Gasteiger partial charge in [0.2, 0.25) is 5.91 Å². The number of urea groups is 1. The van der Waals surface area contributed by atoms with Gasteiger partial charge in [-0.3, -0.25) is 4.79 Å². The van der Waals surface area contributed by atoms with E-state index in [9.17, 15) is 9.59 Å². The third-order valence-electron chi connectivity index (χ3n) is 5.18. The van der Waals surface area contributed by atoms with E-state index in [0.717, 1.165) is 50.1 Å². The maximum absolute atomic E-state index is 12.4. The number of nitrogens with one attached hydrogen (secondary N) is 1. The summed E-state index contributed by atoms with van der Waals surface area (Å²) < 4.78 is 5.44. The zero-order valence-corrected chi connectivity index (χ0v) is 15.9. The Bertz CT molecular complexity index is 621. The Balaban J connectivity index is 1.39. The second-order valence-corrected chi connectivity index (χ2v) is 7.26. The van der Waals surface area contributed by atoms with Crippen molar-refractivity contribution >= 4 is 11.9 Å². The van der Waals surface area contributed by atoms with Gasteiger partial charge < -0.3 is 25.6 Å². The number of likely N-dealkylation sites (tertiary alicyclic amines) is 2. The predicted molar refractivity (Wildman–Crippen MR) is 104 cm³/mol. The molecule has 27 heavy (non-hydrogen) atoms. The third kappa shape index (κ3) is 5.60. The quantitative estimate of drug-likeness (QED) is 0.787. The van der Waals surface area contributed by atoms with Crippen LogP contribution in [0.1, 0.15) is 31.2 Å². The zero-order chi connectivity index (χ0) is 19.1. The van der Waals surface area contributed by atoms with Crippen LogP contribution in [0.25, 0.3) is 0 Å². The lowest BCUT2D eigenvalue weighted by molar-refractivity contribution is -0.121. The summed E-state index contributed by atoms with van der Waals surface area (Å²) in [4.78, 5) is 28.6. The number of carbonyl (C=O) groups is 2. The fourth-order valence-corrected chi connectivity index (χ4v) is 3.67. The van der Waals surface area contributed by atoms with Gasteiger partial charge in [-0.1, -0.05) is 12.1 Å². The van der Waals surface area contributed by atoms with Crippen molar-refractivity contribution in [2.45, 2.75) is 38.1 Å². The Labute approximate surface area is 160 Å². The van der Waals surface area contributed by atoms with Crippen molar-refractivity contribution in [3.8, 4) is 5.75 Å². The molecule has 0 atom stereocenters. The van der Waals surface area contributed by atoms with E-state index in [2.05, 4.69) is 5.32 Å². The summed E-state index contributed by atoms with van der Waals surface area (Å²) >= 11 is 0. The van der Waals surface area contributed by atoms with Crippen molar-refractivity contribution < 1.29 is 14.3 Å². The molecule has 2 heterocycles. The second-order valence-electron chi connectivity index (χ2n) is 7.26. The number of ether oxygens (including phenoxy) is 1. The lowest BCUT2D eigenvalue weighted by Gasteiger charge is -2.34. The number of benzene rings is 1. The van der Waals surface area contributed by atoms with Gasteiger partial charge in [0.15, 0.2) is 0 Å². The van der Waals surface area contributed by atoms with E-state index in [1.807, 2.05) is 34.1 Å². The number of hydrogen-bond donors (Lipinski definition) is 2. The molecule has 3 N–H and O–H groups in total. The van der Waals surface area contributed by atoms with E-state index >= 15 is 0 Å². The molecule has 0 bridgehead atoms. The van der Waals surface area contributed by atoms with Crippen molar-refractivity contribution in [3.05, 3.63) is 29.8 Å². The average Bonchev–Trinajstić information content (AvgIpc) is 3.22. The van der Waals surface area contributed by atoms with E-state index in [1.165, 1.54) is 0 Å². The summed E-state index contributed by atoms with van der Waals surface area (Å²) in [6, 6.07) is 7.84. The number of amides is 3. The van der Waals surface area contributed by atoms with Gasteiger partial charge in [-0.05, 0) is 43.4 Å². The SMILES string of the molecule is NCCOc1ccc(CC(=O)NC2CCN(C(=O)N3CCCC3)CC2)cc1. The largest absolute Gasteiger partial charge is 0.492 e. The van der Waals surface area contributed by atoms with E-state index in [-0.39, 0.29) is 18.0 Å². The van der Waals surface area contributed by atoms with Crippen LogP contribution >= 0.6 is 0 Å². The maximum atomic E-state index is 12.4. The van der Waals surface area contributed by atoms with Crippen LogP contribution in [0.5, 0.6) is 5.75 Å². The van der Waals surface area contributed by atoms with E-state index < -0.39 is 0 Å². The Hall–Kier alpha value is -2.28. The predicted octanol–water partition coefficient (Wildman–Crippen LogP) is 1.36. The molecule has 1 aromatic rings. The van der Waals surface area contributed by atoms with Gasteiger partial charge in [-0.2, -0.15) is 0 Å². The minimum atomic E-state index is 0.0231. The highest BCUT2D eigenvalue weighted by molar-refractivity contribution is 5.79. The van der Waals surface area contributed by atoms with Crippen LogP contribution in [0, 0.1) is 0 Å². The molecule has 0 aromatic heterocycles. The highest BCUT2D eigenvalue weighted by Crippen LogP contribution is 2.17. The van der Waals surface area contributed by atoms with Gasteiger partial charge in [-0.25, -0.2) is 4.79 Å².